The first kappa shape index (κ1) is 20.4. The molecule has 1 heterocycles. The van der Waals surface area contributed by atoms with Crippen LogP contribution in [-0.4, -0.2) is 31.1 Å². The Hall–Kier alpha value is -2.30. The molecule has 0 saturated carbocycles. The molecule has 0 aliphatic rings. The van der Waals surface area contributed by atoms with Crippen molar-refractivity contribution in [3.8, 4) is 5.75 Å². The summed E-state index contributed by atoms with van der Waals surface area (Å²) in [6.45, 7) is 1.66. The number of nitrogens with one attached hydrogen (secondary N) is 1. The predicted octanol–water partition coefficient (Wildman–Crippen LogP) is 3.60. The predicted molar refractivity (Wildman–Crippen MR) is 110 cm³/mol. The molecule has 3 rings (SSSR count). The molecule has 0 aliphatic heterocycles. The van der Waals surface area contributed by atoms with Gasteiger partial charge in [-0.15, -0.1) is 10.2 Å². The van der Waals surface area contributed by atoms with Gasteiger partial charge in [0.25, 0.3) is 5.91 Å². The van der Waals surface area contributed by atoms with Crippen molar-refractivity contribution in [3.05, 3.63) is 64.1 Å². The second-order valence-electron chi connectivity index (χ2n) is 5.91. The van der Waals surface area contributed by atoms with Crippen LogP contribution in [-0.2, 0) is 20.4 Å². The van der Waals surface area contributed by atoms with Gasteiger partial charge >= 0.3 is 0 Å². The van der Waals surface area contributed by atoms with E-state index in [4.69, 9.17) is 4.74 Å². The number of hydrogen-bond donors (Lipinski definition) is 1. The maximum absolute atomic E-state index is 12.5. The fourth-order valence-corrected chi connectivity index (χ4v) is 4.89. The minimum atomic E-state index is -3.65. The van der Waals surface area contributed by atoms with E-state index in [1.165, 1.54) is 0 Å². The van der Waals surface area contributed by atoms with Gasteiger partial charge < -0.3 is 4.74 Å². The number of ether oxygens (including phenoxy) is 1. The number of aromatic nitrogens is 2. The van der Waals surface area contributed by atoms with E-state index in [-0.39, 0.29) is 21.8 Å². The van der Waals surface area contributed by atoms with Crippen LogP contribution in [0.3, 0.4) is 0 Å². The van der Waals surface area contributed by atoms with Gasteiger partial charge in [0.15, 0.2) is 6.61 Å². The first-order chi connectivity index (χ1) is 13.3. The van der Waals surface area contributed by atoms with E-state index >= 15 is 0 Å². The summed E-state index contributed by atoms with van der Waals surface area (Å²) in [7, 11) is -3.65. The molecule has 0 bridgehead atoms. The molecule has 0 radical (unpaired) electrons. The Morgan fingerprint density at radius 2 is 1.93 bits per heavy atom. The van der Waals surface area contributed by atoms with E-state index in [1.54, 1.807) is 42.5 Å². The molecule has 0 aliphatic carbocycles. The number of anilines is 1. The Balaban J connectivity index is 1.59. The summed E-state index contributed by atoms with van der Waals surface area (Å²) >= 11 is 4.13. The third-order valence-corrected chi connectivity index (χ3v) is 7.04. The van der Waals surface area contributed by atoms with Gasteiger partial charge in [0.2, 0.25) is 19.3 Å². The minimum absolute atomic E-state index is 0.104. The monoisotopic (exact) mass is 481 g/mol. The van der Waals surface area contributed by atoms with Crippen molar-refractivity contribution in [2.75, 3.05) is 11.9 Å². The summed E-state index contributed by atoms with van der Waals surface area (Å²) in [4.78, 5) is 12.0. The Labute approximate surface area is 174 Å². The summed E-state index contributed by atoms with van der Waals surface area (Å²) in [6, 6.07) is 14.3. The lowest BCUT2D eigenvalue weighted by atomic mass is 10.2. The summed E-state index contributed by atoms with van der Waals surface area (Å²) in [5.41, 5.74) is 1.65. The first-order valence-electron chi connectivity index (χ1n) is 8.12. The average Bonchev–Trinajstić information content (AvgIpc) is 3.10. The Bertz CT molecular complexity index is 1080. The second kappa shape index (κ2) is 8.80. The lowest BCUT2D eigenvalue weighted by Gasteiger charge is -2.05. The minimum Gasteiger partial charge on any atom is -0.484 e. The molecular weight excluding hydrogens is 466 g/mol. The number of amides is 1. The first-order valence-corrected chi connectivity index (χ1v) is 11.4. The Kier molecular flexibility index (Phi) is 6.42. The quantitative estimate of drug-likeness (QED) is 0.517. The number of hydrogen-bond acceptors (Lipinski definition) is 7. The van der Waals surface area contributed by atoms with E-state index in [0.717, 1.165) is 21.4 Å². The number of carbonyl (C=O) groups is 1. The zero-order valence-electron chi connectivity index (χ0n) is 14.8. The van der Waals surface area contributed by atoms with Crippen LogP contribution in [0.15, 0.2) is 57.3 Å². The van der Waals surface area contributed by atoms with Crippen LogP contribution in [0.5, 0.6) is 5.75 Å². The third-order valence-electron chi connectivity index (χ3n) is 3.54. The number of rotatable bonds is 7. The van der Waals surface area contributed by atoms with E-state index in [1.807, 2.05) is 13.0 Å². The van der Waals surface area contributed by atoms with Crippen LogP contribution in [0.1, 0.15) is 11.1 Å². The summed E-state index contributed by atoms with van der Waals surface area (Å²) in [5, 5.41) is 10.1. The molecule has 0 saturated heterocycles. The molecule has 7 nitrogen and oxygen atoms in total. The Morgan fingerprint density at radius 3 is 2.64 bits per heavy atom. The maximum Gasteiger partial charge on any atom is 0.264 e. The lowest BCUT2D eigenvalue weighted by molar-refractivity contribution is -0.118. The van der Waals surface area contributed by atoms with E-state index in [0.29, 0.717) is 11.3 Å². The smallest absolute Gasteiger partial charge is 0.264 e. The SMILES string of the molecule is Cc1cccc(CS(=O)(=O)c2nnc(NC(=O)COc3ccc(Br)cc3)s2)c1. The highest BCUT2D eigenvalue weighted by atomic mass is 79.9. The van der Waals surface area contributed by atoms with Gasteiger partial charge in [-0.1, -0.05) is 57.1 Å². The van der Waals surface area contributed by atoms with Crippen LogP contribution in [0.4, 0.5) is 5.13 Å². The number of aryl methyl sites for hydroxylation is 1. The van der Waals surface area contributed by atoms with Crippen molar-refractivity contribution in [2.24, 2.45) is 0 Å². The normalized spacial score (nSPS) is 11.2. The fourth-order valence-electron chi connectivity index (χ4n) is 2.30. The lowest BCUT2D eigenvalue weighted by Crippen LogP contribution is -2.20. The molecule has 146 valence electrons. The van der Waals surface area contributed by atoms with Gasteiger partial charge in [0.05, 0.1) is 5.75 Å². The van der Waals surface area contributed by atoms with Crippen LogP contribution in [0, 0.1) is 6.92 Å². The van der Waals surface area contributed by atoms with Crippen molar-refractivity contribution in [1.29, 1.82) is 0 Å². The molecule has 1 amide bonds. The standard InChI is InChI=1S/C18H16BrN3O4S2/c1-12-3-2-4-13(9-12)11-28(24,25)18-22-21-17(27-18)20-16(23)10-26-15-7-5-14(19)6-8-15/h2-9H,10-11H2,1H3,(H,20,21,23). The van der Waals surface area contributed by atoms with Gasteiger partial charge in [0, 0.05) is 4.47 Å². The van der Waals surface area contributed by atoms with E-state index < -0.39 is 15.7 Å². The van der Waals surface area contributed by atoms with Crippen molar-refractivity contribution >= 4 is 48.1 Å². The molecule has 1 aromatic heterocycles. The van der Waals surface area contributed by atoms with Gasteiger partial charge in [-0.3, -0.25) is 10.1 Å². The number of carbonyl (C=O) groups excluding carboxylic acids is 1. The van der Waals surface area contributed by atoms with Gasteiger partial charge in [-0.2, -0.15) is 0 Å². The summed E-state index contributed by atoms with van der Waals surface area (Å²) in [5.74, 6) is -0.0945. The maximum atomic E-state index is 12.5. The summed E-state index contributed by atoms with van der Waals surface area (Å²) < 4.78 is 31.2. The van der Waals surface area contributed by atoms with Crippen LogP contribution < -0.4 is 10.1 Å². The largest absolute Gasteiger partial charge is 0.484 e. The molecule has 0 fully saturated rings. The third kappa shape index (κ3) is 5.60. The van der Waals surface area contributed by atoms with Crippen molar-refractivity contribution in [3.63, 3.8) is 0 Å². The zero-order valence-corrected chi connectivity index (χ0v) is 18.0. The van der Waals surface area contributed by atoms with E-state index in [2.05, 4.69) is 31.4 Å². The van der Waals surface area contributed by atoms with Crippen molar-refractivity contribution in [2.45, 2.75) is 17.0 Å². The molecule has 28 heavy (non-hydrogen) atoms. The van der Waals surface area contributed by atoms with Gasteiger partial charge in [-0.25, -0.2) is 8.42 Å². The Morgan fingerprint density at radius 1 is 1.18 bits per heavy atom. The average molecular weight is 482 g/mol. The van der Waals surface area contributed by atoms with Crippen LogP contribution in [0.2, 0.25) is 0 Å². The number of nitrogens with zero attached hydrogens (tertiary/aromatic N) is 2. The highest BCUT2D eigenvalue weighted by Gasteiger charge is 2.22. The summed E-state index contributed by atoms with van der Waals surface area (Å²) in [6.07, 6.45) is 0. The molecule has 0 unspecified atom stereocenters. The molecule has 3 aromatic rings. The van der Waals surface area contributed by atoms with Crippen LogP contribution in [0.25, 0.3) is 0 Å². The molecule has 10 heteroatoms. The molecule has 1 N–H and O–H groups in total. The highest BCUT2D eigenvalue weighted by Crippen LogP contribution is 2.24. The van der Waals surface area contributed by atoms with Crippen molar-refractivity contribution in [1.82, 2.24) is 10.2 Å². The number of sulfone groups is 1. The van der Waals surface area contributed by atoms with Crippen molar-refractivity contribution < 1.29 is 17.9 Å². The molecule has 0 spiro atoms. The van der Waals surface area contributed by atoms with E-state index in [9.17, 15) is 13.2 Å². The number of halogens is 1. The fraction of sp³-hybridized carbons (Fsp3) is 0.167. The van der Waals surface area contributed by atoms with Crippen LogP contribution >= 0.6 is 27.3 Å². The second-order valence-corrected chi connectivity index (χ2v) is 9.97. The highest BCUT2D eigenvalue weighted by molar-refractivity contribution is 9.10. The molecule has 0 atom stereocenters. The number of benzene rings is 2. The topological polar surface area (TPSA) is 98.3 Å². The van der Waals surface area contributed by atoms with Gasteiger partial charge in [0.1, 0.15) is 5.75 Å². The zero-order chi connectivity index (χ0) is 20.1. The molecule has 2 aromatic carbocycles. The van der Waals surface area contributed by atoms with Gasteiger partial charge in [-0.05, 0) is 36.8 Å². The molecular formula is C18H16BrN3O4S2.